The van der Waals surface area contributed by atoms with Gasteiger partial charge in [-0.25, -0.2) is 0 Å². The highest BCUT2D eigenvalue weighted by molar-refractivity contribution is 5.37. The van der Waals surface area contributed by atoms with E-state index in [2.05, 4.69) is 25.6 Å². The number of aromatic nitrogens is 3. The minimum Gasteiger partial charge on any atom is -0.463 e. The number of rotatable bonds is 7. The first-order valence-electron chi connectivity index (χ1n) is 5.96. The second-order valence-electron chi connectivity index (χ2n) is 4.53. The highest BCUT2D eigenvalue weighted by atomic mass is 16.5. The highest BCUT2D eigenvalue weighted by Gasteiger charge is 2.18. The van der Waals surface area contributed by atoms with Crippen molar-refractivity contribution < 1.29 is 9.84 Å². The molecule has 7 heteroatoms. The molecule has 0 aliphatic heterocycles. The van der Waals surface area contributed by atoms with E-state index in [1.165, 1.54) is 0 Å². The Labute approximate surface area is 107 Å². The summed E-state index contributed by atoms with van der Waals surface area (Å²) in [5.41, 5.74) is -0.506. The van der Waals surface area contributed by atoms with E-state index in [-0.39, 0.29) is 12.6 Å². The number of hydrogen-bond acceptors (Lipinski definition) is 7. The minimum atomic E-state index is -0.506. The van der Waals surface area contributed by atoms with E-state index in [4.69, 9.17) is 4.74 Å². The Balaban J connectivity index is 2.89. The number of aliphatic hydroxyl groups excluding tert-OH is 1. The first-order valence-corrected chi connectivity index (χ1v) is 5.96. The Morgan fingerprint density at radius 3 is 2.44 bits per heavy atom. The molecule has 0 spiro atoms. The van der Waals surface area contributed by atoms with Crippen LogP contribution in [0.15, 0.2) is 0 Å². The smallest absolute Gasteiger partial charge is 0.323 e. The topological polar surface area (TPSA) is 92.2 Å². The Morgan fingerprint density at radius 1 is 1.22 bits per heavy atom. The van der Waals surface area contributed by atoms with Crippen molar-refractivity contribution in [1.29, 1.82) is 0 Å². The maximum Gasteiger partial charge on any atom is 0.323 e. The van der Waals surface area contributed by atoms with E-state index in [9.17, 15) is 5.11 Å². The zero-order chi connectivity index (χ0) is 13.6. The third kappa shape index (κ3) is 4.33. The van der Waals surface area contributed by atoms with Crippen molar-refractivity contribution in [2.45, 2.75) is 32.7 Å². The first kappa shape index (κ1) is 14.4. The fraction of sp³-hybridized carbons (Fsp3) is 0.727. The molecule has 1 rings (SSSR count). The lowest BCUT2D eigenvalue weighted by Gasteiger charge is -2.23. The van der Waals surface area contributed by atoms with Gasteiger partial charge < -0.3 is 20.5 Å². The number of aliphatic hydroxyl groups is 1. The lowest BCUT2D eigenvalue weighted by atomic mass is 10.1. The average Bonchev–Trinajstić information content (AvgIpc) is 2.35. The summed E-state index contributed by atoms with van der Waals surface area (Å²) < 4.78 is 5.38. The van der Waals surface area contributed by atoms with Crippen molar-refractivity contribution in [3.63, 3.8) is 0 Å². The molecule has 0 unspecified atom stereocenters. The zero-order valence-corrected chi connectivity index (χ0v) is 11.3. The normalized spacial score (nSPS) is 11.2. The first-order chi connectivity index (χ1) is 8.50. The third-order valence-corrected chi connectivity index (χ3v) is 2.12. The average molecular weight is 255 g/mol. The van der Waals surface area contributed by atoms with Crippen molar-refractivity contribution in [3.05, 3.63) is 0 Å². The fourth-order valence-corrected chi connectivity index (χ4v) is 1.12. The molecule has 0 aromatic carbocycles. The van der Waals surface area contributed by atoms with Crippen molar-refractivity contribution in [1.82, 2.24) is 15.0 Å². The summed E-state index contributed by atoms with van der Waals surface area (Å²) in [6.07, 6.45) is 0.880. The van der Waals surface area contributed by atoms with Crippen LogP contribution in [0.3, 0.4) is 0 Å². The summed E-state index contributed by atoms with van der Waals surface area (Å²) in [4.78, 5) is 12.4. The number of hydrogen-bond donors (Lipinski definition) is 3. The van der Waals surface area contributed by atoms with Gasteiger partial charge in [0.15, 0.2) is 0 Å². The van der Waals surface area contributed by atoms with E-state index in [0.29, 0.717) is 18.5 Å². The molecule has 0 saturated heterocycles. The van der Waals surface area contributed by atoms with Gasteiger partial charge in [-0.2, -0.15) is 15.0 Å². The molecule has 0 aliphatic rings. The molecule has 0 amide bonds. The number of ether oxygens (including phenoxy) is 1. The van der Waals surface area contributed by atoms with E-state index in [1.54, 1.807) is 7.05 Å². The van der Waals surface area contributed by atoms with Gasteiger partial charge >= 0.3 is 6.01 Å². The van der Waals surface area contributed by atoms with Crippen LogP contribution < -0.4 is 15.4 Å². The van der Waals surface area contributed by atoms with Crippen LogP contribution in [0.4, 0.5) is 11.9 Å². The van der Waals surface area contributed by atoms with E-state index in [1.807, 2.05) is 20.8 Å². The van der Waals surface area contributed by atoms with Crippen molar-refractivity contribution in [3.8, 4) is 6.01 Å². The van der Waals surface area contributed by atoms with Crippen LogP contribution in [0.5, 0.6) is 6.01 Å². The Hall–Kier alpha value is -1.63. The summed E-state index contributed by atoms with van der Waals surface area (Å²) in [6, 6.07) is 0.271. The van der Waals surface area contributed by atoms with Gasteiger partial charge in [0.1, 0.15) is 0 Å². The SMILES string of the molecule is CCCOc1nc(NC)nc(NC(C)(C)CO)n1. The molecule has 102 valence electrons. The monoisotopic (exact) mass is 255 g/mol. The molecule has 7 nitrogen and oxygen atoms in total. The quantitative estimate of drug-likeness (QED) is 0.666. The molecule has 3 N–H and O–H groups in total. The molecule has 1 aromatic rings. The van der Waals surface area contributed by atoms with Crippen molar-refractivity contribution >= 4 is 11.9 Å². The van der Waals surface area contributed by atoms with E-state index in [0.717, 1.165) is 6.42 Å². The summed E-state index contributed by atoms with van der Waals surface area (Å²) in [6.45, 7) is 6.23. The number of nitrogens with one attached hydrogen (secondary N) is 2. The van der Waals surface area contributed by atoms with Gasteiger partial charge in [-0.3, -0.25) is 0 Å². The van der Waals surface area contributed by atoms with Gasteiger partial charge in [0.05, 0.1) is 18.8 Å². The van der Waals surface area contributed by atoms with Crippen LogP contribution in [0, 0.1) is 0 Å². The highest BCUT2D eigenvalue weighted by Crippen LogP contribution is 2.15. The molecule has 1 aromatic heterocycles. The molecule has 0 aliphatic carbocycles. The summed E-state index contributed by atoms with van der Waals surface area (Å²) in [7, 11) is 1.72. The largest absolute Gasteiger partial charge is 0.463 e. The fourth-order valence-electron chi connectivity index (χ4n) is 1.12. The third-order valence-electron chi connectivity index (χ3n) is 2.12. The molecule has 0 atom stereocenters. The zero-order valence-electron chi connectivity index (χ0n) is 11.3. The van der Waals surface area contributed by atoms with Crippen LogP contribution in [-0.2, 0) is 0 Å². The summed E-state index contributed by atoms with van der Waals surface area (Å²) in [5, 5.41) is 15.1. The van der Waals surface area contributed by atoms with Gasteiger partial charge in [0, 0.05) is 7.05 Å². The second-order valence-corrected chi connectivity index (χ2v) is 4.53. The van der Waals surface area contributed by atoms with Crippen molar-refractivity contribution in [2.75, 3.05) is 30.9 Å². The predicted octanol–water partition coefficient (Wildman–Crippen LogP) is 0.885. The van der Waals surface area contributed by atoms with Gasteiger partial charge in [-0.15, -0.1) is 0 Å². The van der Waals surface area contributed by atoms with Gasteiger partial charge in [-0.05, 0) is 20.3 Å². The Kier molecular flexibility index (Phi) is 5.08. The lowest BCUT2D eigenvalue weighted by Crippen LogP contribution is -2.35. The Bertz CT molecular complexity index is 384. The van der Waals surface area contributed by atoms with Crippen LogP contribution in [-0.4, -0.2) is 45.9 Å². The molecule has 0 bridgehead atoms. The molecule has 1 heterocycles. The molecule has 0 saturated carbocycles. The van der Waals surface area contributed by atoms with Gasteiger partial charge in [0.2, 0.25) is 11.9 Å². The molecule has 0 fully saturated rings. The van der Waals surface area contributed by atoms with E-state index >= 15 is 0 Å². The maximum atomic E-state index is 9.21. The standard InChI is InChI=1S/C11H21N5O2/c1-5-6-18-10-14-8(12-4)13-9(15-10)16-11(2,3)7-17/h17H,5-7H2,1-4H3,(H2,12,13,14,15,16). The Morgan fingerprint density at radius 2 is 1.89 bits per heavy atom. The second kappa shape index (κ2) is 6.34. The molecular formula is C11H21N5O2. The molecular weight excluding hydrogens is 234 g/mol. The van der Waals surface area contributed by atoms with Gasteiger partial charge in [0.25, 0.3) is 0 Å². The van der Waals surface area contributed by atoms with Crippen LogP contribution in [0.25, 0.3) is 0 Å². The van der Waals surface area contributed by atoms with E-state index < -0.39 is 5.54 Å². The number of anilines is 2. The van der Waals surface area contributed by atoms with Crippen molar-refractivity contribution in [2.24, 2.45) is 0 Å². The summed E-state index contributed by atoms with van der Waals surface area (Å²) >= 11 is 0. The van der Waals surface area contributed by atoms with Gasteiger partial charge in [-0.1, -0.05) is 6.92 Å². The van der Waals surface area contributed by atoms with Crippen LogP contribution >= 0.6 is 0 Å². The summed E-state index contributed by atoms with van der Waals surface area (Å²) in [5.74, 6) is 0.798. The molecule has 18 heavy (non-hydrogen) atoms. The lowest BCUT2D eigenvalue weighted by molar-refractivity contribution is 0.233. The van der Waals surface area contributed by atoms with Crippen LogP contribution in [0.2, 0.25) is 0 Å². The minimum absolute atomic E-state index is 0.0290. The predicted molar refractivity (Wildman–Crippen MR) is 69.9 cm³/mol. The number of nitrogens with zero attached hydrogens (tertiary/aromatic N) is 3. The maximum absolute atomic E-state index is 9.21. The van der Waals surface area contributed by atoms with Crippen LogP contribution in [0.1, 0.15) is 27.2 Å². The molecule has 0 radical (unpaired) electrons.